The standard InChI is InChI=1S/C10H12BrFO/c1-7(2)6-13-10-8(11)4-3-5-9(10)12/h3-5,7H,6H2,1-2H3. The summed E-state index contributed by atoms with van der Waals surface area (Å²) in [6, 6.07) is 4.79. The third kappa shape index (κ3) is 2.99. The predicted molar refractivity (Wildman–Crippen MR) is 54.4 cm³/mol. The topological polar surface area (TPSA) is 9.23 Å². The van der Waals surface area contributed by atoms with Gasteiger partial charge >= 0.3 is 0 Å². The first-order valence-corrected chi connectivity index (χ1v) is 4.97. The van der Waals surface area contributed by atoms with Crippen LogP contribution in [0.1, 0.15) is 13.8 Å². The molecule has 3 heteroatoms. The minimum atomic E-state index is -0.324. The van der Waals surface area contributed by atoms with Gasteiger partial charge in [-0.05, 0) is 34.0 Å². The first-order valence-electron chi connectivity index (χ1n) is 4.18. The molecule has 0 bridgehead atoms. The van der Waals surface area contributed by atoms with Crippen LogP contribution in [0.3, 0.4) is 0 Å². The van der Waals surface area contributed by atoms with Crippen molar-refractivity contribution in [2.24, 2.45) is 5.92 Å². The van der Waals surface area contributed by atoms with Gasteiger partial charge < -0.3 is 4.74 Å². The zero-order valence-electron chi connectivity index (χ0n) is 7.68. The first-order chi connectivity index (χ1) is 6.11. The maximum Gasteiger partial charge on any atom is 0.169 e. The minimum absolute atomic E-state index is 0.302. The Morgan fingerprint density at radius 2 is 2.15 bits per heavy atom. The average molecular weight is 247 g/mol. The second-order valence-corrected chi connectivity index (χ2v) is 4.11. The highest BCUT2D eigenvalue weighted by Gasteiger charge is 2.07. The normalized spacial score (nSPS) is 10.5. The summed E-state index contributed by atoms with van der Waals surface area (Å²) in [5, 5.41) is 0. The van der Waals surface area contributed by atoms with Gasteiger partial charge in [-0.3, -0.25) is 0 Å². The van der Waals surface area contributed by atoms with Crippen LogP contribution in [-0.2, 0) is 0 Å². The number of ether oxygens (including phenoxy) is 1. The molecule has 0 heterocycles. The van der Waals surface area contributed by atoms with Crippen LogP contribution in [0.4, 0.5) is 4.39 Å². The molecule has 0 unspecified atom stereocenters. The molecule has 0 N–H and O–H groups in total. The second-order valence-electron chi connectivity index (χ2n) is 3.26. The summed E-state index contributed by atoms with van der Waals surface area (Å²) in [4.78, 5) is 0. The van der Waals surface area contributed by atoms with E-state index in [1.807, 2.05) is 13.8 Å². The molecule has 0 spiro atoms. The number of rotatable bonds is 3. The second kappa shape index (κ2) is 4.61. The molecule has 0 saturated carbocycles. The summed E-state index contributed by atoms with van der Waals surface area (Å²) in [7, 11) is 0. The predicted octanol–water partition coefficient (Wildman–Crippen LogP) is 3.62. The van der Waals surface area contributed by atoms with Crippen molar-refractivity contribution in [3.63, 3.8) is 0 Å². The quantitative estimate of drug-likeness (QED) is 0.792. The Labute approximate surface area is 86.0 Å². The Kier molecular flexibility index (Phi) is 3.72. The van der Waals surface area contributed by atoms with Crippen LogP contribution in [0, 0.1) is 11.7 Å². The van der Waals surface area contributed by atoms with Crippen LogP contribution >= 0.6 is 15.9 Å². The number of halogens is 2. The number of hydrogen-bond acceptors (Lipinski definition) is 1. The molecule has 1 aromatic carbocycles. The SMILES string of the molecule is CC(C)COc1c(F)cccc1Br. The van der Waals surface area contributed by atoms with Gasteiger partial charge in [0.2, 0.25) is 0 Å². The van der Waals surface area contributed by atoms with E-state index < -0.39 is 0 Å². The van der Waals surface area contributed by atoms with E-state index in [0.29, 0.717) is 22.7 Å². The summed E-state index contributed by atoms with van der Waals surface area (Å²) in [6.07, 6.45) is 0. The van der Waals surface area contributed by atoms with Crippen molar-refractivity contribution in [2.45, 2.75) is 13.8 Å². The fourth-order valence-corrected chi connectivity index (χ4v) is 1.33. The number of benzene rings is 1. The first kappa shape index (κ1) is 10.5. The summed E-state index contributed by atoms with van der Waals surface area (Å²) in [6.45, 7) is 4.57. The van der Waals surface area contributed by atoms with Crippen molar-refractivity contribution in [2.75, 3.05) is 6.61 Å². The third-order valence-corrected chi connectivity index (χ3v) is 2.10. The zero-order chi connectivity index (χ0) is 9.84. The van der Waals surface area contributed by atoms with Crippen LogP contribution in [0.5, 0.6) is 5.75 Å². The van der Waals surface area contributed by atoms with Gasteiger partial charge in [0.1, 0.15) is 0 Å². The van der Waals surface area contributed by atoms with Gasteiger partial charge in [-0.1, -0.05) is 19.9 Å². The van der Waals surface area contributed by atoms with E-state index in [2.05, 4.69) is 15.9 Å². The molecule has 1 rings (SSSR count). The molecular weight excluding hydrogens is 235 g/mol. The molecule has 0 radical (unpaired) electrons. The van der Waals surface area contributed by atoms with Crippen LogP contribution in [-0.4, -0.2) is 6.61 Å². The lowest BCUT2D eigenvalue weighted by Crippen LogP contribution is -2.06. The van der Waals surface area contributed by atoms with Crippen LogP contribution < -0.4 is 4.74 Å². The minimum Gasteiger partial charge on any atom is -0.489 e. The molecular formula is C10H12BrFO. The zero-order valence-corrected chi connectivity index (χ0v) is 9.27. The van der Waals surface area contributed by atoms with Crippen molar-refractivity contribution in [1.82, 2.24) is 0 Å². The molecule has 1 nitrogen and oxygen atoms in total. The maximum atomic E-state index is 13.1. The summed E-state index contributed by atoms with van der Waals surface area (Å²) in [5.74, 6) is 0.373. The summed E-state index contributed by atoms with van der Waals surface area (Å²) in [5.41, 5.74) is 0. The number of hydrogen-bond donors (Lipinski definition) is 0. The fraction of sp³-hybridized carbons (Fsp3) is 0.400. The molecule has 0 aromatic heterocycles. The van der Waals surface area contributed by atoms with Gasteiger partial charge in [-0.15, -0.1) is 0 Å². The van der Waals surface area contributed by atoms with Gasteiger partial charge in [0.15, 0.2) is 11.6 Å². The van der Waals surface area contributed by atoms with Crippen molar-refractivity contribution in [3.05, 3.63) is 28.5 Å². The highest BCUT2D eigenvalue weighted by atomic mass is 79.9. The Balaban J connectivity index is 2.75. The molecule has 0 atom stereocenters. The fourth-order valence-electron chi connectivity index (χ4n) is 0.870. The van der Waals surface area contributed by atoms with Gasteiger partial charge in [-0.2, -0.15) is 0 Å². The van der Waals surface area contributed by atoms with Gasteiger partial charge in [-0.25, -0.2) is 4.39 Å². The van der Waals surface area contributed by atoms with Crippen LogP contribution in [0.25, 0.3) is 0 Å². The monoisotopic (exact) mass is 246 g/mol. The molecule has 72 valence electrons. The number of para-hydroxylation sites is 1. The molecule has 0 amide bonds. The van der Waals surface area contributed by atoms with Crippen molar-refractivity contribution in [1.29, 1.82) is 0 Å². The van der Waals surface area contributed by atoms with E-state index in [4.69, 9.17) is 4.74 Å². The lowest BCUT2D eigenvalue weighted by Gasteiger charge is -2.10. The molecule has 0 aliphatic heterocycles. The van der Waals surface area contributed by atoms with E-state index in [0.717, 1.165) is 0 Å². The molecule has 13 heavy (non-hydrogen) atoms. The Morgan fingerprint density at radius 3 is 2.69 bits per heavy atom. The molecule has 0 aliphatic rings. The van der Waals surface area contributed by atoms with E-state index in [9.17, 15) is 4.39 Å². The highest BCUT2D eigenvalue weighted by Crippen LogP contribution is 2.27. The van der Waals surface area contributed by atoms with Gasteiger partial charge in [0.25, 0.3) is 0 Å². The molecule has 1 aromatic rings. The van der Waals surface area contributed by atoms with Crippen LogP contribution in [0.15, 0.2) is 22.7 Å². The average Bonchev–Trinajstić information content (AvgIpc) is 2.03. The van der Waals surface area contributed by atoms with Crippen molar-refractivity contribution >= 4 is 15.9 Å². The van der Waals surface area contributed by atoms with Crippen molar-refractivity contribution < 1.29 is 9.13 Å². The molecule has 0 fully saturated rings. The van der Waals surface area contributed by atoms with E-state index in [1.54, 1.807) is 12.1 Å². The Bertz CT molecular complexity index is 266. The lowest BCUT2D eigenvalue weighted by atomic mass is 10.2. The Hall–Kier alpha value is -0.570. The van der Waals surface area contributed by atoms with Gasteiger partial charge in [0.05, 0.1) is 11.1 Å². The van der Waals surface area contributed by atoms with Crippen LogP contribution in [0.2, 0.25) is 0 Å². The van der Waals surface area contributed by atoms with Crippen molar-refractivity contribution in [3.8, 4) is 5.75 Å². The smallest absolute Gasteiger partial charge is 0.169 e. The van der Waals surface area contributed by atoms with E-state index in [1.165, 1.54) is 6.07 Å². The maximum absolute atomic E-state index is 13.1. The summed E-state index contributed by atoms with van der Waals surface area (Å²) >= 11 is 3.23. The van der Waals surface area contributed by atoms with E-state index in [-0.39, 0.29) is 5.82 Å². The molecule has 0 aliphatic carbocycles. The molecule has 0 saturated heterocycles. The lowest BCUT2D eigenvalue weighted by molar-refractivity contribution is 0.257. The largest absolute Gasteiger partial charge is 0.489 e. The highest BCUT2D eigenvalue weighted by molar-refractivity contribution is 9.10. The van der Waals surface area contributed by atoms with E-state index >= 15 is 0 Å². The Morgan fingerprint density at radius 1 is 1.46 bits per heavy atom. The van der Waals surface area contributed by atoms with Gasteiger partial charge in [0, 0.05) is 0 Å². The summed E-state index contributed by atoms with van der Waals surface area (Å²) < 4.78 is 19.1. The third-order valence-electron chi connectivity index (χ3n) is 1.48.